The van der Waals surface area contributed by atoms with Gasteiger partial charge < -0.3 is 4.42 Å². The average Bonchev–Trinajstić information content (AvgIpc) is 2.76. The molecule has 90 valence electrons. The molecule has 0 saturated heterocycles. The van der Waals surface area contributed by atoms with Crippen LogP contribution in [0.4, 0.5) is 0 Å². The molecule has 1 heterocycles. The molecule has 0 spiro atoms. The summed E-state index contributed by atoms with van der Waals surface area (Å²) in [5, 5.41) is 9.03. The predicted octanol–water partition coefficient (Wildman–Crippen LogP) is 4.89. The zero-order valence-electron chi connectivity index (χ0n) is 8.95. The summed E-state index contributed by atoms with van der Waals surface area (Å²) in [6, 6.07) is 5.13. The van der Waals surface area contributed by atoms with E-state index < -0.39 is 0 Å². The molecule has 6 heteroatoms. The maximum Gasteiger partial charge on any atom is 0.247 e. The number of alkyl halides is 1. The number of hydrogen-bond donors (Lipinski definition) is 0. The molecule has 0 aliphatic heterocycles. The molecule has 1 aromatic carbocycles. The Morgan fingerprint density at radius 3 is 2.47 bits per heavy atom. The highest BCUT2D eigenvalue weighted by molar-refractivity contribution is 9.09. The quantitative estimate of drug-likeness (QED) is 0.749. The molecule has 1 aromatic heterocycles. The SMILES string of the molecule is CCC(Br)c1nnc(-c2cc(Cl)cc(Cl)c2)o1. The number of halogens is 3. The Morgan fingerprint density at radius 1 is 1.24 bits per heavy atom. The van der Waals surface area contributed by atoms with Crippen molar-refractivity contribution in [1.29, 1.82) is 0 Å². The summed E-state index contributed by atoms with van der Waals surface area (Å²) >= 11 is 15.3. The Morgan fingerprint density at radius 2 is 1.88 bits per heavy atom. The van der Waals surface area contributed by atoms with Gasteiger partial charge in [-0.25, -0.2) is 0 Å². The van der Waals surface area contributed by atoms with Crippen LogP contribution in [0.25, 0.3) is 11.5 Å². The lowest BCUT2D eigenvalue weighted by molar-refractivity contribution is 0.500. The highest BCUT2D eigenvalue weighted by Crippen LogP contribution is 2.30. The Balaban J connectivity index is 2.36. The molecule has 2 aromatic rings. The van der Waals surface area contributed by atoms with E-state index in [0.717, 1.165) is 12.0 Å². The molecule has 3 nitrogen and oxygen atoms in total. The lowest BCUT2D eigenvalue weighted by atomic mass is 10.2. The largest absolute Gasteiger partial charge is 0.419 e. The molecule has 1 unspecified atom stereocenters. The molecule has 0 bridgehead atoms. The van der Waals surface area contributed by atoms with Crippen molar-refractivity contribution >= 4 is 39.1 Å². The van der Waals surface area contributed by atoms with Gasteiger partial charge in [0.25, 0.3) is 0 Å². The van der Waals surface area contributed by atoms with Crippen molar-refractivity contribution in [2.24, 2.45) is 0 Å². The van der Waals surface area contributed by atoms with E-state index in [2.05, 4.69) is 26.1 Å². The normalized spacial score (nSPS) is 12.7. The van der Waals surface area contributed by atoms with Gasteiger partial charge in [-0.3, -0.25) is 0 Å². The van der Waals surface area contributed by atoms with Crippen LogP contribution >= 0.6 is 39.1 Å². The standard InChI is InChI=1S/C11H9BrCl2N2O/c1-2-9(12)11-16-15-10(17-11)6-3-7(13)5-8(14)4-6/h3-5,9H,2H2,1H3. The van der Waals surface area contributed by atoms with Crippen LogP contribution in [0.3, 0.4) is 0 Å². The number of hydrogen-bond acceptors (Lipinski definition) is 3. The molecule has 1 atom stereocenters. The van der Waals surface area contributed by atoms with E-state index in [-0.39, 0.29) is 4.83 Å². The van der Waals surface area contributed by atoms with Gasteiger partial charge in [-0.2, -0.15) is 0 Å². The van der Waals surface area contributed by atoms with Crippen molar-refractivity contribution in [2.75, 3.05) is 0 Å². The fraction of sp³-hybridized carbons (Fsp3) is 0.273. The molecule has 0 N–H and O–H groups in total. The average molecular weight is 336 g/mol. The van der Waals surface area contributed by atoms with Crippen molar-refractivity contribution in [2.45, 2.75) is 18.2 Å². The van der Waals surface area contributed by atoms with Crippen LogP contribution in [-0.4, -0.2) is 10.2 Å². The molecule has 0 radical (unpaired) electrons. The van der Waals surface area contributed by atoms with E-state index in [0.29, 0.717) is 21.8 Å². The highest BCUT2D eigenvalue weighted by Gasteiger charge is 2.15. The summed E-state index contributed by atoms with van der Waals surface area (Å²) in [5.74, 6) is 0.973. The Labute approximate surface area is 117 Å². The predicted molar refractivity (Wildman–Crippen MR) is 71.7 cm³/mol. The number of aromatic nitrogens is 2. The van der Waals surface area contributed by atoms with Gasteiger partial charge >= 0.3 is 0 Å². The fourth-order valence-corrected chi connectivity index (χ4v) is 2.04. The third kappa shape index (κ3) is 3.00. The lowest BCUT2D eigenvalue weighted by Crippen LogP contribution is -1.86. The topological polar surface area (TPSA) is 38.9 Å². The minimum absolute atomic E-state index is 0.0680. The summed E-state index contributed by atoms with van der Waals surface area (Å²) in [4.78, 5) is 0.0680. The molecular formula is C11H9BrCl2N2O. The summed E-state index contributed by atoms with van der Waals surface area (Å²) in [6.07, 6.45) is 0.873. The van der Waals surface area contributed by atoms with E-state index in [1.165, 1.54) is 0 Å². The van der Waals surface area contributed by atoms with Gasteiger partial charge in [0.05, 0.1) is 4.83 Å². The van der Waals surface area contributed by atoms with Crippen LogP contribution in [-0.2, 0) is 0 Å². The van der Waals surface area contributed by atoms with Crippen LogP contribution < -0.4 is 0 Å². The smallest absolute Gasteiger partial charge is 0.247 e. The van der Waals surface area contributed by atoms with Crippen LogP contribution in [0.15, 0.2) is 22.6 Å². The fourth-order valence-electron chi connectivity index (χ4n) is 1.33. The van der Waals surface area contributed by atoms with Crippen molar-refractivity contribution in [1.82, 2.24) is 10.2 Å². The van der Waals surface area contributed by atoms with E-state index in [9.17, 15) is 0 Å². The molecule has 17 heavy (non-hydrogen) atoms. The zero-order chi connectivity index (χ0) is 12.4. The van der Waals surface area contributed by atoms with Gasteiger partial charge in [0, 0.05) is 15.6 Å². The molecule has 0 aliphatic carbocycles. The van der Waals surface area contributed by atoms with E-state index >= 15 is 0 Å². The van der Waals surface area contributed by atoms with Gasteiger partial charge in [-0.1, -0.05) is 46.1 Å². The zero-order valence-corrected chi connectivity index (χ0v) is 12.1. The van der Waals surface area contributed by atoms with Gasteiger partial charge in [-0.15, -0.1) is 10.2 Å². The third-order valence-electron chi connectivity index (χ3n) is 2.18. The molecular weight excluding hydrogens is 327 g/mol. The van der Waals surface area contributed by atoms with Crippen LogP contribution in [0.5, 0.6) is 0 Å². The van der Waals surface area contributed by atoms with Crippen molar-refractivity contribution < 1.29 is 4.42 Å². The molecule has 0 aliphatic rings. The Bertz CT molecular complexity index is 510. The van der Waals surface area contributed by atoms with Crippen molar-refractivity contribution in [3.05, 3.63) is 34.1 Å². The molecule has 0 amide bonds. The first-order chi connectivity index (χ1) is 8.10. The van der Waals surface area contributed by atoms with Crippen molar-refractivity contribution in [3.63, 3.8) is 0 Å². The summed E-state index contributed by atoms with van der Waals surface area (Å²) < 4.78 is 5.55. The van der Waals surface area contributed by atoms with Gasteiger partial charge in [0.15, 0.2) is 0 Å². The summed E-state index contributed by atoms with van der Waals surface area (Å²) in [5.41, 5.74) is 0.719. The minimum Gasteiger partial charge on any atom is -0.419 e. The summed E-state index contributed by atoms with van der Waals surface area (Å²) in [7, 11) is 0. The van der Waals surface area contributed by atoms with Crippen LogP contribution in [0.2, 0.25) is 10.0 Å². The maximum absolute atomic E-state index is 5.91. The molecule has 2 rings (SSSR count). The highest BCUT2D eigenvalue weighted by atomic mass is 79.9. The first-order valence-corrected chi connectivity index (χ1v) is 6.71. The van der Waals surface area contributed by atoms with E-state index in [1.54, 1.807) is 18.2 Å². The van der Waals surface area contributed by atoms with Crippen LogP contribution in [0, 0.1) is 0 Å². The van der Waals surface area contributed by atoms with Gasteiger partial charge in [-0.05, 0) is 24.6 Å². The second-order valence-electron chi connectivity index (χ2n) is 3.48. The molecule has 0 fully saturated rings. The second kappa shape index (κ2) is 5.38. The number of benzene rings is 1. The van der Waals surface area contributed by atoms with Gasteiger partial charge in [0.2, 0.25) is 11.8 Å². The Kier molecular flexibility index (Phi) is 4.07. The lowest BCUT2D eigenvalue weighted by Gasteiger charge is -1.99. The second-order valence-corrected chi connectivity index (χ2v) is 5.46. The van der Waals surface area contributed by atoms with E-state index in [1.807, 2.05) is 6.92 Å². The monoisotopic (exact) mass is 334 g/mol. The molecule has 0 saturated carbocycles. The number of nitrogens with zero attached hydrogens (tertiary/aromatic N) is 2. The third-order valence-corrected chi connectivity index (χ3v) is 3.65. The van der Waals surface area contributed by atoms with Gasteiger partial charge in [0.1, 0.15) is 0 Å². The van der Waals surface area contributed by atoms with E-state index in [4.69, 9.17) is 27.6 Å². The first-order valence-electron chi connectivity index (χ1n) is 5.04. The summed E-state index contributed by atoms with van der Waals surface area (Å²) in [6.45, 7) is 2.03. The van der Waals surface area contributed by atoms with Crippen molar-refractivity contribution in [3.8, 4) is 11.5 Å². The Hall–Kier alpha value is -0.580. The number of rotatable bonds is 3. The minimum atomic E-state index is 0.0680. The van der Waals surface area contributed by atoms with Crippen LogP contribution in [0.1, 0.15) is 24.1 Å². The first kappa shape index (κ1) is 12.9. The maximum atomic E-state index is 5.91.